The number of aryl methyl sites for hydroxylation is 1. The number of rotatable bonds is 5. The van der Waals surface area contributed by atoms with Crippen LogP contribution in [-0.4, -0.2) is 28.2 Å². The van der Waals surface area contributed by atoms with E-state index in [9.17, 15) is 18.0 Å². The van der Waals surface area contributed by atoms with Crippen molar-refractivity contribution in [2.45, 2.75) is 25.7 Å². The van der Waals surface area contributed by atoms with Crippen molar-refractivity contribution in [1.82, 2.24) is 15.0 Å². The number of fused-ring (bicyclic) bond motifs is 3. The third-order valence-corrected chi connectivity index (χ3v) is 5.99. The zero-order valence-corrected chi connectivity index (χ0v) is 19.7. The van der Waals surface area contributed by atoms with Gasteiger partial charge in [0.15, 0.2) is 0 Å². The number of para-hydroxylation sites is 1. The Bertz CT molecular complexity index is 1570. The average molecular weight is 506 g/mol. The second kappa shape index (κ2) is 9.81. The van der Waals surface area contributed by atoms with Gasteiger partial charge in [0.05, 0.1) is 29.6 Å². The number of nitrogens with one attached hydrogen (secondary N) is 2. The Balaban J connectivity index is 1.29. The summed E-state index contributed by atoms with van der Waals surface area (Å²) in [4.78, 5) is 16.7. The maximum Gasteiger partial charge on any atom is 0.573 e. The van der Waals surface area contributed by atoms with Crippen molar-refractivity contribution >= 4 is 39.7 Å². The Morgan fingerprint density at radius 3 is 2.78 bits per heavy atom. The fourth-order valence-corrected chi connectivity index (χ4v) is 4.22. The van der Waals surface area contributed by atoms with Crippen molar-refractivity contribution in [2.24, 2.45) is 5.10 Å². The highest BCUT2D eigenvalue weighted by atomic mass is 19.4. The molecule has 2 N–H and O–H groups in total. The average Bonchev–Trinajstić information content (AvgIpc) is 3.29. The lowest BCUT2D eigenvalue weighted by Crippen LogP contribution is -2.24. The number of hydrogen-bond donors (Lipinski definition) is 2. The van der Waals surface area contributed by atoms with Gasteiger partial charge in [-0.25, -0.2) is 15.2 Å². The number of anilines is 1. The van der Waals surface area contributed by atoms with Crippen LogP contribution in [0, 0.1) is 6.92 Å². The standard InChI is InChI=1S/C27H22F3N5O2/c1-17-4-2-3-5-23(17)33-26(36)34-32-15-18-6-12-22-19(14-18)7-13-24-25(22)31-16-35(24)20-8-10-21(11-9-20)37-27(28,29)30/h2-8,10-16,20H,9H2,1H3,(H2,33,34,36)/b32-15+. The van der Waals surface area contributed by atoms with Gasteiger partial charge in [-0.1, -0.05) is 42.5 Å². The van der Waals surface area contributed by atoms with E-state index in [1.54, 1.807) is 18.6 Å². The number of amides is 2. The molecule has 1 unspecified atom stereocenters. The molecule has 2 amide bonds. The molecular formula is C27H22F3N5O2. The smallest absolute Gasteiger partial charge is 0.406 e. The maximum atomic E-state index is 12.5. The summed E-state index contributed by atoms with van der Waals surface area (Å²) in [5.41, 5.74) is 6.56. The van der Waals surface area contributed by atoms with Crippen molar-refractivity contribution in [3.05, 3.63) is 96.0 Å². The molecule has 0 saturated carbocycles. The van der Waals surface area contributed by atoms with Gasteiger partial charge in [0.1, 0.15) is 5.76 Å². The first-order valence-electron chi connectivity index (χ1n) is 11.5. The highest BCUT2D eigenvalue weighted by Crippen LogP contribution is 2.31. The number of allylic oxidation sites excluding steroid dienone is 3. The number of imidazole rings is 1. The van der Waals surface area contributed by atoms with Gasteiger partial charge >= 0.3 is 12.4 Å². The van der Waals surface area contributed by atoms with E-state index in [1.165, 1.54) is 12.2 Å². The summed E-state index contributed by atoms with van der Waals surface area (Å²) in [5.74, 6) is -0.213. The maximum absolute atomic E-state index is 12.5. The zero-order valence-electron chi connectivity index (χ0n) is 19.7. The number of hydrazone groups is 1. The molecule has 1 aliphatic rings. The van der Waals surface area contributed by atoms with Crippen molar-refractivity contribution in [1.29, 1.82) is 0 Å². The molecule has 1 heterocycles. The van der Waals surface area contributed by atoms with Crippen molar-refractivity contribution in [2.75, 3.05) is 5.32 Å². The van der Waals surface area contributed by atoms with Crippen LogP contribution in [0.2, 0.25) is 0 Å². The normalized spacial score (nSPS) is 15.8. The number of carbonyl (C=O) groups excluding carboxylic acids is 1. The molecule has 0 radical (unpaired) electrons. The Morgan fingerprint density at radius 2 is 2.03 bits per heavy atom. The monoisotopic (exact) mass is 505 g/mol. The van der Waals surface area contributed by atoms with Crippen molar-refractivity contribution in [3.63, 3.8) is 0 Å². The molecule has 7 nitrogen and oxygen atoms in total. The fourth-order valence-electron chi connectivity index (χ4n) is 4.22. The summed E-state index contributed by atoms with van der Waals surface area (Å²) in [6.45, 7) is 1.90. The fraction of sp³-hybridized carbons (Fsp3) is 0.148. The van der Waals surface area contributed by atoms with Crippen molar-refractivity contribution in [3.8, 4) is 0 Å². The number of hydrogen-bond acceptors (Lipinski definition) is 4. The topological polar surface area (TPSA) is 80.5 Å². The molecular weight excluding hydrogens is 483 g/mol. The second-order valence-electron chi connectivity index (χ2n) is 8.52. The lowest BCUT2D eigenvalue weighted by molar-refractivity contribution is -0.303. The Labute approximate surface area is 209 Å². The quantitative estimate of drug-likeness (QED) is 0.238. The van der Waals surface area contributed by atoms with Gasteiger partial charge in [-0.15, -0.1) is 13.2 Å². The van der Waals surface area contributed by atoms with Crippen LogP contribution < -0.4 is 10.7 Å². The Hall–Kier alpha value is -4.60. The molecule has 0 saturated heterocycles. The molecule has 3 aromatic carbocycles. The molecule has 0 fully saturated rings. The molecule has 5 rings (SSSR count). The van der Waals surface area contributed by atoms with Gasteiger partial charge in [0.2, 0.25) is 0 Å². The van der Waals surface area contributed by atoms with E-state index < -0.39 is 12.4 Å². The van der Waals surface area contributed by atoms with Gasteiger partial charge in [0.25, 0.3) is 0 Å². The molecule has 1 aliphatic carbocycles. The van der Waals surface area contributed by atoms with Crippen molar-refractivity contribution < 1.29 is 22.7 Å². The van der Waals surface area contributed by atoms with E-state index >= 15 is 0 Å². The van der Waals surface area contributed by atoms with Crippen LogP contribution >= 0.6 is 0 Å². The van der Waals surface area contributed by atoms with Crippen LogP contribution in [-0.2, 0) is 4.74 Å². The third kappa shape index (κ3) is 5.48. The molecule has 0 spiro atoms. The lowest BCUT2D eigenvalue weighted by atomic mass is 10.0. The Morgan fingerprint density at radius 1 is 1.19 bits per heavy atom. The summed E-state index contributed by atoms with van der Waals surface area (Å²) in [6.07, 6.45) is 3.31. The van der Waals surface area contributed by atoms with E-state index in [0.29, 0.717) is 12.1 Å². The highest BCUT2D eigenvalue weighted by Gasteiger charge is 2.32. The summed E-state index contributed by atoms with van der Waals surface area (Å²) in [5, 5.41) is 8.64. The minimum absolute atomic E-state index is 0.175. The number of ether oxygens (including phenoxy) is 1. The molecule has 1 atom stereocenters. The first-order valence-corrected chi connectivity index (χ1v) is 11.5. The van der Waals surface area contributed by atoms with E-state index in [0.717, 1.165) is 32.9 Å². The molecule has 0 bridgehead atoms. The number of halogens is 3. The van der Waals surface area contributed by atoms with Gasteiger partial charge in [0, 0.05) is 11.1 Å². The van der Waals surface area contributed by atoms with Gasteiger partial charge in [-0.3, -0.25) is 0 Å². The Kier molecular flexibility index (Phi) is 6.39. The van der Waals surface area contributed by atoms with E-state index in [1.807, 2.05) is 66.1 Å². The zero-order chi connectivity index (χ0) is 26.0. The number of carbonyl (C=O) groups is 1. The molecule has 10 heteroatoms. The van der Waals surface area contributed by atoms with Crippen LogP contribution in [0.4, 0.5) is 23.7 Å². The minimum atomic E-state index is -4.71. The SMILES string of the molecule is Cc1ccccc1NC(=O)N/N=C/c1ccc2c(ccc3c2ncn3C2C=CC(OC(F)(F)F)=CC2)c1. The molecule has 0 aliphatic heterocycles. The number of nitrogens with zero attached hydrogens (tertiary/aromatic N) is 3. The summed E-state index contributed by atoms with van der Waals surface area (Å²) in [7, 11) is 0. The predicted octanol–water partition coefficient (Wildman–Crippen LogP) is 6.57. The predicted molar refractivity (Wildman–Crippen MR) is 136 cm³/mol. The summed E-state index contributed by atoms with van der Waals surface area (Å²) in [6, 6.07) is 16.4. The second-order valence-corrected chi connectivity index (χ2v) is 8.52. The van der Waals surface area contributed by atoms with Gasteiger partial charge in [-0.2, -0.15) is 5.10 Å². The molecule has 4 aromatic rings. The van der Waals surface area contributed by atoms with Gasteiger partial charge in [-0.05, 0) is 60.2 Å². The molecule has 37 heavy (non-hydrogen) atoms. The van der Waals surface area contributed by atoms with Gasteiger partial charge < -0.3 is 14.6 Å². The van der Waals surface area contributed by atoms with E-state index in [4.69, 9.17) is 0 Å². The number of alkyl halides is 3. The summed E-state index contributed by atoms with van der Waals surface area (Å²) < 4.78 is 43.3. The first-order chi connectivity index (χ1) is 17.8. The minimum Gasteiger partial charge on any atom is -0.406 e. The van der Waals surface area contributed by atoms with Crippen LogP contribution in [0.3, 0.4) is 0 Å². The molecule has 188 valence electrons. The number of aromatic nitrogens is 2. The van der Waals surface area contributed by atoms with Crippen LogP contribution in [0.5, 0.6) is 0 Å². The lowest BCUT2D eigenvalue weighted by Gasteiger charge is -2.19. The van der Waals surface area contributed by atoms with Crippen LogP contribution in [0.1, 0.15) is 23.6 Å². The molecule has 1 aromatic heterocycles. The van der Waals surface area contributed by atoms with E-state index in [-0.39, 0.29) is 11.8 Å². The number of benzene rings is 3. The number of urea groups is 1. The van der Waals surface area contributed by atoms with Crippen LogP contribution in [0.15, 0.2) is 90.0 Å². The van der Waals surface area contributed by atoms with E-state index in [2.05, 4.69) is 25.6 Å². The summed E-state index contributed by atoms with van der Waals surface area (Å²) >= 11 is 0. The largest absolute Gasteiger partial charge is 0.573 e. The third-order valence-electron chi connectivity index (χ3n) is 5.99. The highest BCUT2D eigenvalue weighted by molar-refractivity contribution is 6.05. The first kappa shape index (κ1) is 24.1. The van der Waals surface area contributed by atoms with Crippen LogP contribution in [0.25, 0.3) is 21.8 Å².